The zero-order chi connectivity index (χ0) is 8.06. The molecule has 1 aromatic rings. The van der Waals surface area contributed by atoms with Gasteiger partial charge in [-0.3, -0.25) is 0 Å². The van der Waals surface area contributed by atoms with Crippen molar-refractivity contribution in [3.63, 3.8) is 0 Å². The zero-order valence-electron chi connectivity index (χ0n) is 6.23. The van der Waals surface area contributed by atoms with Gasteiger partial charge in [0.15, 0.2) is 0 Å². The van der Waals surface area contributed by atoms with Crippen LogP contribution >= 0.6 is 0 Å². The molecule has 0 spiro atoms. The van der Waals surface area contributed by atoms with Crippen molar-refractivity contribution in [2.75, 3.05) is 12.8 Å². The van der Waals surface area contributed by atoms with Gasteiger partial charge in [0.05, 0.1) is 7.05 Å². The minimum Gasteiger partial charge on any atom is -0.383 e. The van der Waals surface area contributed by atoms with Gasteiger partial charge in [0, 0.05) is 6.07 Å². The van der Waals surface area contributed by atoms with Crippen LogP contribution in [0.25, 0.3) is 0 Å². The predicted octanol–water partition coefficient (Wildman–Crippen LogP) is -0.314. The van der Waals surface area contributed by atoms with E-state index in [1.165, 1.54) is 0 Å². The van der Waals surface area contributed by atoms with E-state index in [1.807, 2.05) is 13.1 Å². The SMILES string of the molecule is C[N+]1(N)C=Nn2c(N)ccc21. The van der Waals surface area contributed by atoms with Crippen molar-refractivity contribution in [3.05, 3.63) is 12.1 Å². The molecule has 2 heterocycles. The molecule has 0 saturated carbocycles. The molecule has 5 nitrogen and oxygen atoms in total. The van der Waals surface area contributed by atoms with Gasteiger partial charge in [0.1, 0.15) is 5.82 Å². The lowest BCUT2D eigenvalue weighted by atomic mass is 10.5. The molecule has 0 bridgehead atoms. The monoisotopic (exact) mass is 152 g/mol. The molecule has 0 radical (unpaired) electrons. The van der Waals surface area contributed by atoms with Crippen LogP contribution in [0.1, 0.15) is 0 Å². The van der Waals surface area contributed by atoms with Gasteiger partial charge in [0.2, 0.25) is 6.34 Å². The van der Waals surface area contributed by atoms with Gasteiger partial charge < -0.3 is 5.73 Å². The molecule has 0 amide bonds. The maximum atomic E-state index is 5.81. The summed E-state index contributed by atoms with van der Waals surface area (Å²) in [4.78, 5) is 0. The van der Waals surface area contributed by atoms with E-state index in [0.717, 1.165) is 5.82 Å². The molecular formula is C6H10N5+. The number of hydrogen-bond acceptors (Lipinski definition) is 3. The maximum absolute atomic E-state index is 5.81. The van der Waals surface area contributed by atoms with Gasteiger partial charge in [-0.25, -0.2) is 0 Å². The average Bonchev–Trinajstić information content (AvgIpc) is 2.39. The fourth-order valence-electron chi connectivity index (χ4n) is 1.14. The molecule has 1 unspecified atom stereocenters. The van der Waals surface area contributed by atoms with E-state index in [2.05, 4.69) is 5.10 Å². The highest BCUT2D eigenvalue weighted by Crippen LogP contribution is 2.25. The zero-order valence-corrected chi connectivity index (χ0v) is 6.23. The number of nitrogens with zero attached hydrogens (tertiary/aromatic N) is 3. The van der Waals surface area contributed by atoms with E-state index < -0.39 is 0 Å². The summed E-state index contributed by atoms with van der Waals surface area (Å²) in [5.41, 5.74) is 5.60. The molecule has 2 rings (SSSR count). The van der Waals surface area contributed by atoms with Crippen LogP contribution in [0.3, 0.4) is 0 Å². The van der Waals surface area contributed by atoms with E-state index in [0.29, 0.717) is 5.82 Å². The topological polar surface area (TPSA) is 69.3 Å². The smallest absolute Gasteiger partial charge is 0.256 e. The molecule has 1 aliphatic heterocycles. The van der Waals surface area contributed by atoms with Crippen LogP contribution in [0.15, 0.2) is 17.2 Å². The average molecular weight is 152 g/mol. The summed E-state index contributed by atoms with van der Waals surface area (Å²) in [7, 11) is 1.84. The molecule has 0 fully saturated rings. The standard InChI is InChI=1S/C6H10N5/c1-11(8)4-9-10-5(7)2-3-6(10)11/h2-4H,7-8H2,1H3/q+1. The second-order valence-corrected chi connectivity index (χ2v) is 2.81. The van der Waals surface area contributed by atoms with Gasteiger partial charge in [-0.1, -0.05) is 0 Å². The molecule has 1 atom stereocenters. The van der Waals surface area contributed by atoms with Crippen LogP contribution in [0.5, 0.6) is 0 Å². The highest BCUT2D eigenvalue weighted by molar-refractivity contribution is 5.75. The third-order valence-corrected chi connectivity index (χ3v) is 1.77. The van der Waals surface area contributed by atoms with Crippen molar-refractivity contribution in [1.29, 1.82) is 0 Å². The Kier molecular flexibility index (Phi) is 0.948. The molecule has 1 aromatic heterocycles. The van der Waals surface area contributed by atoms with Crippen molar-refractivity contribution in [3.8, 4) is 0 Å². The summed E-state index contributed by atoms with van der Waals surface area (Å²) < 4.78 is 1.79. The first kappa shape index (κ1) is 6.38. The minimum atomic E-state index is 0.164. The Hall–Kier alpha value is -1.33. The fourth-order valence-corrected chi connectivity index (χ4v) is 1.14. The van der Waals surface area contributed by atoms with Crippen LogP contribution in [0.2, 0.25) is 0 Å². The summed E-state index contributed by atoms with van der Waals surface area (Å²) in [6.45, 7) is 0. The normalized spacial score (nSPS) is 27.5. The van der Waals surface area contributed by atoms with Crippen molar-refractivity contribution in [2.45, 2.75) is 0 Å². The Labute approximate surface area is 64.1 Å². The largest absolute Gasteiger partial charge is 0.383 e. The van der Waals surface area contributed by atoms with E-state index in [4.69, 9.17) is 11.6 Å². The van der Waals surface area contributed by atoms with Gasteiger partial charge in [0.25, 0.3) is 5.82 Å². The summed E-state index contributed by atoms with van der Waals surface area (Å²) in [6, 6.07) is 3.65. The first-order chi connectivity index (χ1) is 5.11. The lowest BCUT2D eigenvalue weighted by Gasteiger charge is -2.14. The quantitative estimate of drug-likeness (QED) is 0.395. The molecule has 0 saturated heterocycles. The molecule has 11 heavy (non-hydrogen) atoms. The van der Waals surface area contributed by atoms with Crippen molar-refractivity contribution in [2.24, 2.45) is 10.9 Å². The molecular weight excluding hydrogens is 142 g/mol. The number of nitrogens with two attached hydrogens (primary N) is 2. The summed E-state index contributed by atoms with van der Waals surface area (Å²) in [5.74, 6) is 7.31. The van der Waals surface area contributed by atoms with Crippen LogP contribution in [0.4, 0.5) is 11.6 Å². The molecule has 0 aromatic carbocycles. The van der Waals surface area contributed by atoms with Crippen LogP contribution in [0, 0.1) is 0 Å². The van der Waals surface area contributed by atoms with Crippen molar-refractivity contribution < 1.29 is 0 Å². The Morgan fingerprint density at radius 3 is 2.91 bits per heavy atom. The molecule has 1 aliphatic rings. The number of fused-ring (bicyclic) bond motifs is 1. The Morgan fingerprint density at radius 2 is 2.27 bits per heavy atom. The van der Waals surface area contributed by atoms with Gasteiger partial charge in [-0.05, 0) is 6.07 Å². The number of aromatic nitrogens is 1. The lowest BCUT2D eigenvalue weighted by Crippen LogP contribution is -2.49. The number of anilines is 1. The summed E-state index contributed by atoms with van der Waals surface area (Å²) in [6.07, 6.45) is 1.63. The number of rotatable bonds is 0. The second-order valence-electron chi connectivity index (χ2n) is 2.81. The highest BCUT2D eigenvalue weighted by atomic mass is 15.7. The van der Waals surface area contributed by atoms with E-state index in [9.17, 15) is 0 Å². The third-order valence-electron chi connectivity index (χ3n) is 1.77. The highest BCUT2D eigenvalue weighted by Gasteiger charge is 2.29. The molecule has 58 valence electrons. The van der Waals surface area contributed by atoms with Crippen LogP contribution < -0.4 is 16.2 Å². The Morgan fingerprint density at radius 1 is 1.55 bits per heavy atom. The lowest BCUT2D eigenvalue weighted by molar-refractivity contribution is 0.531. The van der Waals surface area contributed by atoms with Gasteiger partial charge >= 0.3 is 0 Å². The molecule has 5 heteroatoms. The predicted molar refractivity (Wildman–Crippen MR) is 44.6 cm³/mol. The van der Waals surface area contributed by atoms with E-state index in [1.54, 1.807) is 17.1 Å². The minimum absolute atomic E-state index is 0.164. The fraction of sp³-hybridized carbons (Fsp3) is 0.167. The van der Waals surface area contributed by atoms with Crippen molar-refractivity contribution >= 4 is 18.0 Å². The maximum Gasteiger partial charge on any atom is 0.256 e. The second kappa shape index (κ2) is 1.63. The number of quaternary nitrogens is 1. The number of nitrogen functional groups attached to an aromatic ring is 1. The third kappa shape index (κ3) is 0.688. The summed E-state index contributed by atoms with van der Waals surface area (Å²) >= 11 is 0. The van der Waals surface area contributed by atoms with Gasteiger partial charge in [-0.2, -0.15) is 15.1 Å². The van der Waals surface area contributed by atoms with Gasteiger partial charge in [-0.15, -0.1) is 5.10 Å². The van der Waals surface area contributed by atoms with Crippen LogP contribution in [-0.4, -0.2) is 18.1 Å². The van der Waals surface area contributed by atoms with Crippen LogP contribution in [-0.2, 0) is 0 Å². The Balaban J connectivity index is 2.65. The first-order valence-electron chi connectivity index (χ1n) is 3.29. The molecule has 4 N–H and O–H groups in total. The summed E-state index contributed by atoms with van der Waals surface area (Å²) in [5, 5.41) is 4.03. The number of hydrogen-bond donors (Lipinski definition) is 2. The van der Waals surface area contributed by atoms with E-state index in [-0.39, 0.29) is 4.59 Å². The van der Waals surface area contributed by atoms with E-state index >= 15 is 0 Å². The Bertz CT molecular complexity index is 322. The van der Waals surface area contributed by atoms with Crippen molar-refractivity contribution in [1.82, 2.24) is 9.27 Å². The first-order valence-corrected chi connectivity index (χ1v) is 3.29. The molecule has 0 aliphatic carbocycles.